The summed E-state index contributed by atoms with van der Waals surface area (Å²) in [6.07, 6.45) is 4.32. The van der Waals surface area contributed by atoms with Crippen molar-refractivity contribution >= 4 is 23.2 Å². The minimum absolute atomic E-state index is 0.266. The molecule has 1 aliphatic heterocycles. The molecule has 2 N–H and O–H groups in total. The van der Waals surface area contributed by atoms with Gasteiger partial charge in [0, 0.05) is 37.6 Å². The first-order valence-electron chi connectivity index (χ1n) is 10.2. The largest absolute Gasteiger partial charge is 0.372 e. The first-order valence-corrected chi connectivity index (χ1v) is 10.2. The molecule has 1 aromatic heterocycles. The molecule has 1 aromatic carbocycles. The Kier molecular flexibility index (Phi) is 6.69. The maximum absolute atomic E-state index is 12.9. The second kappa shape index (κ2) is 9.41. The topological polar surface area (TPSA) is 79.3 Å². The standard InChI is InChI=1S/C22H29N5O2/c1-4-14-23-21(28)19-18-9-7-8-15-27(18)20(25-19)22(29)24-16-10-12-17(13-11-16)26(5-2)6-3/h4,10-13H,1,5-9,14-15H2,2-3H3,(H,23,28)(H,24,29). The number of nitrogens with one attached hydrogen (secondary N) is 2. The van der Waals surface area contributed by atoms with E-state index in [1.807, 2.05) is 28.8 Å². The number of amides is 2. The third-order valence-corrected chi connectivity index (χ3v) is 5.20. The van der Waals surface area contributed by atoms with E-state index in [9.17, 15) is 9.59 Å². The third kappa shape index (κ3) is 4.50. The van der Waals surface area contributed by atoms with Gasteiger partial charge in [-0.25, -0.2) is 4.98 Å². The van der Waals surface area contributed by atoms with Gasteiger partial charge in [0.15, 0.2) is 5.82 Å². The van der Waals surface area contributed by atoms with Crippen molar-refractivity contribution in [3.63, 3.8) is 0 Å². The van der Waals surface area contributed by atoms with E-state index in [1.165, 1.54) is 0 Å². The molecule has 7 heteroatoms. The fourth-order valence-electron chi connectivity index (χ4n) is 3.68. The Balaban J connectivity index is 1.81. The molecule has 2 aromatic rings. The van der Waals surface area contributed by atoms with Crippen LogP contribution in [0.4, 0.5) is 11.4 Å². The van der Waals surface area contributed by atoms with Gasteiger partial charge >= 0.3 is 0 Å². The van der Waals surface area contributed by atoms with E-state index in [-0.39, 0.29) is 17.6 Å². The Morgan fingerprint density at radius 1 is 1.17 bits per heavy atom. The van der Waals surface area contributed by atoms with Gasteiger partial charge in [-0.15, -0.1) is 6.58 Å². The van der Waals surface area contributed by atoms with Crippen LogP contribution in [0.25, 0.3) is 0 Å². The van der Waals surface area contributed by atoms with Crippen molar-refractivity contribution in [1.29, 1.82) is 0 Å². The minimum Gasteiger partial charge on any atom is -0.372 e. The predicted octanol–water partition coefficient (Wildman–Crippen LogP) is 3.23. The highest BCUT2D eigenvalue weighted by atomic mass is 16.2. The van der Waals surface area contributed by atoms with Crippen LogP contribution in [-0.2, 0) is 13.0 Å². The summed E-state index contributed by atoms with van der Waals surface area (Å²) in [4.78, 5) is 32.0. The summed E-state index contributed by atoms with van der Waals surface area (Å²) in [5.41, 5.74) is 3.00. The molecule has 0 bridgehead atoms. The van der Waals surface area contributed by atoms with Gasteiger partial charge in [-0.2, -0.15) is 0 Å². The molecule has 3 rings (SSSR count). The van der Waals surface area contributed by atoms with E-state index in [0.29, 0.717) is 24.5 Å². The second-order valence-electron chi connectivity index (χ2n) is 7.01. The molecule has 0 saturated heterocycles. The Bertz CT molecular complexity index is 881. The number of aromatic nitrogens is 2. The summed E-state index contributed by atoms with van der Waals surface area (Å²) in [5.74, 6) is -0.277. The number of benzene rings is 1. The monoisotopic (exact) mass is 395 g/mol. The van der Waals surface area contributed by atoms with Gasteiger partial charge in [-0.05, 0) is 57.4 Å². The van der Waals surface area contributed by atoms with Gasteiger partial charge in [0.2, 0.25) is 0 Å². The smallest absolute Gasteiger partial charge is 0.291 e. The zero-order valence-electron chi connectivity index (χ0n) is 17.2. The number of carbonyl (C=O) groups is 2. The van der Waals surface area contributed by atoms with Gasteiger partial charge in [0.1, 0.15) is 5.69 Å². The summed E-state index contributed by atoms with van der Waals surface area (Å²) in [7, 11) is 0. The van der Waals surface area contributed by atoms with Crippen LogP contribution in [0.5, 0.6) is 0 Å². The molecule has 154 valence electrons. The van der Waals surface area contributed by atoms with Crippen molar-refractivity contribution in [2.24, 2.45) is 0 Å². The number of hydrogen-bond acceptors (Lipinski definition) is 4. The summed E-state index contributed by atoms with van der Waals surface area (Å²) in [5, 5.41) is 5.68. The number of carbonyl (C=O) groups excluding carboxylic acids is 2. The molecular formula is C22H29N5O2. The van der Waals surface area contributed by atoms with Crippen LogP contribution in [0, 0.1) is 0 Å². The van der Waals surface area contributed by atoms with Crippen molar-refractivity contribution in [2.45, 2.75) is 39.7 Å². The van der Waals surface area contributed by atoms with Crippen LogP contribution < -0.4 is 15.5 Å². The number of imidazole rings is 1. The number of nitrogens with zero attached hydrogens (tertiary/aromatic N) is 3. The molecule has 0 saturated carbocycles. The average Bonchev–Trinajstić information content (AvgIpc) is 3.14. The first-order chi connectivity index (χ1) is 14.1. The molecule has 29 heavy (non-hydrogen) atoms. The average molecular weight is 396 g/mol. The fraction of sp³-hybridized carbons (Fsp3) is 0.409. The van der Waals surface area contributed by atoms with Crippen LogP contribution >= 0.6 is 0 Å². The predicted molar refractivity (Wildman–Crippen MR) is 116 cm³/mol. The van der Waals surface area contributed by atoms with E-state index >= 15 is 0 Å². The van der Waals surface area contributed by atoms with Gasteiger partial charge in [0.25, 0.3) is 11.8 Å². The van der Waals surface area contributed by atoms with Crippen molar-refractivity contribution in [1.82, 2.24) is 14.9 Å². The van der Waals surface area contributed by atoms with Crippen molar-refractivity contribution < 1.29 is 9.59 Å². The zero-order valence-corrected chi connectivity index (χ0v) is 17.2. The molecule has 2 amide bonds. The molecule has 0 radical (unpaired) electrons. The van der Waals surface area contributed by atoms with Gasteiger partial charge in [0.05, 0.1) is 5.69 Å². The summed E-state index contributed by atoms with van der Waals surface area (Å²) >= 11 is 0. The van der Waals surface area contributed by atoms with Gasteiger partial charge < -0.3 is 20.1 Å². The molecule has 2 heterocycles. The molecule has 0 unspecified atom stereocenters. The molecule has 0 aliphatic carbocycles. The van der Waals surface area contributed by atoms with Gasteiger partial charge in [-0.3, -0.25) is 9.59 Å². The zero-order chi connectivity index (χ0) is 20.8. The van der Waals surface area contributed by atoms with Crippen LogP contribution in [0.15, 0.2) is 36.9 Å². The quantitative estimate of drug-likeness (QED) is 0.673. The Morgan fingerprint density at radius 3 is 2.55 bits per heavy atom. The number of hydrogen-bond donors (Lipinski definition) is 2. The van der Waals surface area contributed by atoms with Crippen LogP contribution in [0.2, 0.25) is 0 Å². The Morgan fingerprint density at radius 2 is 1.90 bits per heavy atom. The SMILES string of the molecule is C=CCNC(=O)c1nc(C(=O)Nc2ccc(N(CC)CC)cc2)n2c1CCCC2. The van der Waals surface area contributed by atoms with E-state index < -0.39 is 0 Å². The van der Waals surface area contributed by atoms with Crippen molar-refractivity contribution in [2.75, 3.05) is 29.9 Å². The lowest BCUT2D eigenvalue weighted by molar-refractivity contribution is 0.0952. The summed E-state index contributed by atoms with van der Waals surface area (Å²) in [6, 6.07) is 7.78. The molecule has 0 fully saturated rings. The maximum atomic E-state index is 12.9. The molecule has 7 nitrogen and oxygen atoms in total. The highest BCUT2D eigenvalue weighted by Crippen LogP contribution is 2.23. The second-order valence-corrected chi connectivity index (χ2v) is 7.01. The highest BCUT2D eigenvalue weighted by Gasteiger charge is 2.27. The van der Waals surface area contributed by atoms with Crippen LogP contribution in [-0.4, -0.2) is 41.0 Å². The first kappa shape index (κ1) is 20.6. The third-order valence-electron chi connectivity index (χ3n) is 5.20. The summed E-state index contributed by atoms with van der Waals surface area (Å²) in [6.45, 7) is 10.8. The maximum Gasteiger partial charge on any atom is 0.291 e. The Hall–Kier alpha value is -3.09. The number of fused-ring (bicyclic) bond motifs is 1. The lowest BCUT2D eigenvalue weighted by Gasteiger charge is -2.21. The van der Waals surface area contributed by atoms with E-state index in [0.717, 1.165) is 43.7 Å². The Labute approximate surface area is 171 Å². The molecule has 1 aliphatic rings. The van der Waals surface area contributed by atoms with Crippen molar-refractivity contribution in [3.8, 4) is 0 Å². The van der Waals surface area contributed by atoms with Gasteiger partial charge in [-0.1, -0.05) is 6.08 Å². The summed E-state index contributed by atoms with van der Waals surface area (Å²) < 4.78 is 1.88. The van der Waals surface area contributed by atoms with E-state index in [2.05, 4.69) is 40.9 Å². The molecule has 0 atom stereocenters. The number of anilines is 2. The van der Waals surface area contributed by atoms with Crippen molar-refractivity contribution in [3.05, 3.63) is 54.1 Å². The normalized spacial score (nSPS) is 12.8. The van der Waals surface area contributed by atoms with Crippen LogP contribution in [0.3, 0.4) is 0 Å². The lowest BCUT2D eigenvalue weighted by atomic mass is 10.1. The number of rotatable bonds is 8. The lowest BCUT2D eigenvalue weighted by Crippen LogP contribution is -2.25. The fourth-order valence-corrected chi connectivity index (χ4v) is 3.68. The van der Waals surface area contributed by atoms with E-state index in [4.69, 9.17) is 0 Å². The minimum atomic E-state index is -0.300. The molecule has 0 spiro atoms. The highest BCUT2D eigenvalue weighted by molar-refractivity contribution is 6.03. The molecular weight excluding hydrogens is 366 g/mol. The van der Waals surface area contributed by atoms with Crippen LogP contribution in [0.1, 0.15) is 53.5 Å². The van der Waals surface area contributed by atoms with E-state index in [1.54, 1.807) is 6.08 Å².